The fourth-order valence-corrected chi connectivity index (χ4v) is 4.34. The third-order valence-corrected chi connectivity index (χ3v) is 6.33. The minimum Gasteiger partial charge on any atom is -0.487 e. The topological polar surface area (TPSA) is 106 Å². The number of hydrogen-bond donors (Lipinski definition) is 2. The van der Waals surface area contributed by atoms with Crippen molar-refractivity contribution < 1.29 is 36.6 Å². The van der Waals surface area contributed by atoms with Gasteiger partial charge in [-0.3, -0.25) is 9.89 Å². The fourth-order valence-electron chi connectivity index (χ4n) is 4.18. The summed E-state index contributed by atoms with van der Waals surface area (Å²) in [6, 6.07) is 10.9. The van der Waals surface area contributed by atoms with Gasteiger partial charge in [0.05, 0.1) is 22.7 Å². The maximum absolute atomic E-state index is 14.3. The lowest BCUT2D eigenvalue weighted by Crippen LogP contribution is -2.43. The van der Waals surface area contributed by atoms with E-state index < -0.39 is 35.5 Å². The largest absolute Gasteiger partial charge is 0.491 e. The van der Waals surface area contributed by atoms with Crippen molar-refractivity contribution in [2.75, 3.05) is 5.32 Å². The van der Waals surface area contributed by atoms with Crippen LogP contribution in [0.2, 0.25) is 5.02 Å². The molecule has 3 aromatic rings. The number of aromatic amines is 1. The van der Waals surface area contributed by atoms with Crippen molar-refractivity contribution in [2.24, 2.45) is 5.41 Å². The van der Waals surface area contributed by atoms with E-state index in [9.17, 15) is 27.2 Å². The molecule has 0 aliphatic heterocycles. The second kappa shape index (κ2) is 10.8. The molecule has 0 amide bonds. The number of alkyl halides is 3. The first-order valence-electron chi connectivity index (χ1n) is 11.2. The predicted molar refractivity (Wildman–Crippen MR) is 124 cm³/mol. The van der Waals surface area contributed by atoms with Gasteiger partial charge in [-0.05, 0) is 49.9 Å². The van der Waals surface area contributed by atoms with E-state index in [2.05, 4.69) is 25.2 Å². The van der Waals surface area contributed by atoms with Crippen LogP contribution in [0, 0.1) is 11.2 Å². The van der Waals surface area contributed by atoms with E-state index in [0.29, 0.717) is 17.3 Å². The highest BCUT2D eigenvalue weighted by Crippen LogP contribution is 2.42. The van der Waals surface area contributed by atoms with Gasteiger partial charge < -0.3 is 14.8 Å². The van der Waals surface area contributed by atoms with E-state index in [0.717, 1.165) is 0 Å². The first-order valence-corrected chi connectivity index (χ1v) is 11.6. The molecule has 196 valence electrons. The van der Waals surface area contributed by atoms with Gasteiger partial charge in [0.15, 0.2) is 11.6 Å². The van der Waals surface area contributed by atoms with Crippen LogP contribution in [0.25, 0.3) is 0 Å². The lowest BCUT2D eigenvalue weighted by Gasteiger charge is -2.37. The molecule has 0 saturated heterocycles. The molecule has 1 aliphatic carbocycles. The van der Waals surface area contributed by atoms with Crippen molar-refractivity contribution in [1.29, 1.82) is 0 Å². The number of hydrogen-bond acceptors (Lipinski definition) is 7. The molecule has 37 heavy (non-hydrogen) atoms. The zero-order valence-corrected chi connectivity index (χ0v) is 19.9. The molecular weight excluding hydrogens is 520 g/mol. The second-order valence-corrected chi connectivity index (χ2v) is 9.02. The van der Waals surface area contributed by atoms with E-state index in [-0.39, 0.29) is 42.9 Å². The quantitative estimate of drug-likeness (QED) is 0.231. The maximum Gasteiger partial charge on any atom is 0.491 e. The highest BCUT2D eigenvalue weighted by Gasteiger charge is 2.49. The van der Waals surface area contributed by atoms with Gasteiger partial charge in [-0.15, -0.1) is 0 Å². The van der Waals surface area contributed by atoms with Crippen molar-refractivity contribution >= 4 is 35.2 Å². The highest BCUT2D eigenvalue weighted by molar-refractivity contribution is 6.30. The smallest absolute Gasteiger partial charge is 0.487 e. The SMILES string of the molecule is O=C(OC(=O)C1(Cc2cccc(Nc3ccn[nH]3)n2)CCC(Oc2cccc(Cl)c2F)CC1)C(F)(F)F. The minimum atomic E-state index is -5.33. The molecule has 0 atom stereocenters. The Labute approximate surface area is 213 Å². The summed E-state index contributed by atoms with van der Waals surface area (Å²) >= 11 is 5.79. The molecule has 4 rings (SSSR count). The van der Waals surface area contributed by atoms with Crippen LogP contribution >= 0.6 is 11.6 Å². The van der Waals surface area contributed by atoms with Crippen molar-refractivity contribution in [1.82, 2.24) is 15.2 Å². The Morgan fingerprint density at radius 2 is 1.86 bits per heavy atom. The molecule has 0 bridgehead atoms. The Hall–Kier alpha value is -3.67. The Morgan fingerprint density at radius 3 is 2.54 bits per heavy atom. The van der Waals surface area contributed by atoms with E-state index in [1.54, 1.807) is 24.3 Å². The summed E-state index contributed by atoms with van der Waals surface area (Å²) in [5, 5.41) is 9.40. The number of nitrogens with one attached hydrogen (secondary N) is 2. The van der Waals surface area contributed by atoms with Crippen molar-refractivity contribution in [3.8, 4) is 5.75 Å². The van der Waals surface area contributed by atoms with Crippen LogP contribution in [0.15, 0.2) is 48.7 Å². The van der Waals surface area contributed by atoms with Crippen LogP contribution in [0.4, 0.5) is 29.2 Å². The molecule has 1 aliphatic rings. The van der Waals surface area contributed by atoms with E-state index in [1.165, 1.54) is 24.4 Å². The summed E-state index contributed by atoms with van der Waals surface area (Å²) in [5.74, 6) is -3.72. The van der Waals surface area contributed by atoms with Gasteiger partial charge in [0.2, 0.25) is 0 Å². The van der Waals surface area contributed by atoms with Gasteiger partial charge in [0.1, 0.15) is 11.6 Å². The third-order valence-electron chi connectivity index (χ3n) is 6.04. The number of benzene rings is 1. The molecule has 0 unspecified atom stereocenters. The lowest BCUT2D eigenvalue weighted by atomic mass is 9.70. The fraction of sp³-hybridized carbons (Fsp3) is 0.333. The number of halogens is 5. The Bertz CT molecular complexity index is 1260. The molecule has 0 radical (unpaired) electrons. The van der Waals surface area contributed by atoms with Gasteiger partial charge >= 0.3 is 18.1 Å². The standard InChI is InChI=1S/C24H21ClF4N4O4/c25-16-4-2-5-17(20(16)26)36-15-7-10-23(11-8-15,21(34)37-22(35)24(27,28)29)13-14-3-1-6-18(31-14)32-19-9-12-30-33-19/h1-6,9,12,15H,7-8,10-11,13H2,(H2,30,31,32,33). The number of aromatic nitrogens is 3. The Balaban J connectivity index is 1.53. The zero-order chi connectivity index (χ0) is 26.6. The lowest BCUT2D eigenvalue weighted by molar-refractivity contribution is -0.206. The van der Waals surface area contributed by atoms with Crippen LogP contribution in [0.3, 0.4) is 0 Å². The molecule has 1 aromatic carbocycles. The first-order chi connectivity index (χ1) is 17.6. The zero-order valence-electron chi connectivity index (χ0n) is 19.1. The van der Waals surface area contributed by atoms with Gasteiger partial charge in [-0.2, -0.15) is 18.3 Å². The predicted octanol–water partition coefficient (Wildman–Crippen LogP) is 5.52. The maximum atomic E-state index is 14.3. The minimum absolute atomic E-state index is 0.0176. The van der Waals surface area contributed by atoms with Gasteiger partial charge in [-0.25, -0.2) is 14.2 Å². The molecule has 2 aromatic heterocycles. The molecule has 1 fully saturated rings. The summed E-state index contributed by atoms with van der Waals surface area (Å²) in [5.41, 5.74) is -1.09. The van der Waals surface area contributed by atoms with E-state index in [1.807, 2.05) is 0 Å². The number of anilines is 2. The number of H-pyrrole nitrogens is 1. The third kappa shape index (κ3) is 6.37. The average molecular weight is 541 g/mol. The molecule has 2 heterocycles. The van der Waals surface area contributed by atoms with Gasteiger partial charge in [0, 0.05) is 18.2 Å². The Morgan fingerprint density at radius 1 is 1.14 bits per heavy atom. The van der Waals surface area contributed by atoms with Crippen LogP contribution < -0.4 is 10.1 Å². The summed E-state index contributed by atoms with van der Waals surface area (Å²) in [6.45, 7) is 0. The van der Waals surface area contributed by atoms with E-state index in [4.69, 9.17) is 16.3 Å². The van der Waals surface area contributed by atoms with Crippen molar-refractivity contribution in [3.63, 3.8) is 0 Å². The molecule has 2 N–H and O–H groups in total. The number of nitrogens with zero attached hydrogens (tertiary/aromatic N) is 2. The van der Waals surface area contributed by atoms with Crippen LogP contribution in [-0.2, 0) is 20.7 Å². The summed E-state index contributed by atoms with van der Waals surface area (Å²) in [6.07, 6.45) is -4.01. The van der Waals surface area contributed by atoms with Gasteiger partial charge in [0.25, 0.3) is 0 Å². The van der Waals surface area contributed by atoms with Crippen LogP contribution in [0.5, 0.6) is 5.75 Å². The number of esters is 2. The average Bonchev–Trinajstić information content (AvgIpc) is 3.36. The molecule has 13 heteroatoms. The molecule has 0 spiro atoms. The second-order valence-electron chi connectivity index (χ2n) is 8.61. The number of ether oxygens (including phenoxy) is 2. The Kier molecular flexibility index (Phi) is 7.67. The number of carbonyl (C=O) groups excluding carboxylic acids is 2. The van der Waals surface area contributed by atoms with Crippen LogP contribution in [-0.4, -0.2) is 39.4 Å². The summed E-state index contributed by atoms with van der Waals surface area (Å²) < 4.78 is 62.7. The number of rotatable bonds is 7. The van der Waals surface area contributed by atoms with Crippen molar-refractivity contribution in [3.05, 3.63) is 65.2 Å². The highest BCUT2D eigenvalue weighted by atomic mass is 35.5. The number of carbonyl (C=O) groups is 2. The molecular formula is C24H21ClF4N4O4. The molecule has 1 saturated carbocycles. The normalized spacial score (nSPS) is 19.8. The number of pyridine rings is 1. The van der Waals surface area contributed by atoms with Crippen molar-refractivity contribution in [2.45, 2.75) is 44.4 Å². The van der Waals surface area contributed by atoms with Crippen LogP contribution in [0.1, 0.15) is 31.4 Å². The monoisotopic (exact) mass is 540 g/mol. The van der Waals surface area contributed by atoms with Gasteiger partial charge in [-0.1, -0.05) is 23.7 Å². The summed E-state index contributed by atoms with van der Waals surface area (Å²) in [7, 11) is 0. The first kappa shape index (κ1) is 26.4. The van der Waals surface area contributed by atoms with E-state index >= 15 is 0 Å². The summed E-state index contributed by atoms with van der Waals surface area (Å²) in [4.78, 5) is 28.8. The molecule has 8 nitrogen and oxygen atoms in total.